The van der Waals surface area contributed by atoms with E-state index in [4.69, 9.17) is 9.84 Å². The first kappa shape index (κ1) is 8.01. The molecule has 68 valence electrons. The lowest BCUT2D eigenvalue weighted by Crippen LogP contribution is -2.48. The van der Waals surface area contributed by atoms with Crippen LogP contribution < -0.4 is 0 Å². The first-order chi connectivity index (χ1) is 5.81. The highest BCUT2D eigenvalue weighted by Gasteiger charge is 2.36. The molecule has 0 radical (unpaired) electrons. The number of nitrogens with zero attached hydrogens (tertiary/aromatic N) is 1. The van der Waals surface area contributed by atoms with Crippen molar-refractivity contribution in [1.82, 2.24) is 4.90 Å². The molecule has 4 heteroatoms. The molecule has 4 nitrogen and oxygen atoms in total. The fraction of sp³-hybridized carbons (Fsp3) is 0.875. The predicted molar refractivity (Wildman–Crippen MR) is 41.6 cm³/mol. The molecule has 1 saturated heterocycles. The summed E-state index contributed by atoms with van der Waals surface area (Å²) in [6.45, 7) is 0.720. The maximum absolute atomic E-state index is 11.3. The van der Waals surface area contributed by atoms with Gasteiger partial charge >= 0.3 is 0 Å². The predicted octanol–water partition coefficient (Wildman–Crippen LogP) is -0.632. The third-order valence-corrected chi connectivity index (χ3v) is 2.35. The minimum Gasteiger partial charge on any atom is -0.394 e. The Kier molecular flexibility index (Phi) is 2.02. The fourth-order valence-corrected chi connectivity index (χ4v) is 1.50. The highest BCUT2D eigenvalue weighted by atomic mass is 16.5. The molecule has 0 aromatic rings. The quantitative estimate of drug-likeness (QED) is 0.601. The van der Waals surface area contributed by atoms with Crippen LogP contribution >= 0.6 is 0 Å². The van der Waals surface area contributed by atoms with Gasteiger partial charge in [0.05, 0.1) is 12.7 Å². The van der Waals surface area contributed by atoms with Crippen molar-refractivity contribution in [1.29, 1.82) is 0 Å². The third-order valence-electron chi connectivity index (χ3n) is 2.35. The molecule has 1 aliphatic carbocycles. The van der Waals surface area contributed by atoms with Crippen LogP contribution in [0.4, 0.5) is 0 Å². The fourth-order valence-electron chi connectivity index (χ4n) is 1.50. The van der Waals surface area contributed by atoms with Crippen LogP contribution in [-0.2, 0) is 9.53 Å². The molecule has 0 bridgehead atoms. The molecule has 1 heterocycles. The van der Waals surface area contributed by atoms with E-state index in [1.807, 2.05) is 4.90 Å². The van der Waals surface area contributed by atoms with Crippen LogP contribution in [0, 0.1) is 0 Å². The van der Waals surface area contributed by atoms with Gasteiger partial charge in [0.15, 0.2) is 0 Å². The van der Waals surface area contributed by atoms with E-state index in [1.165, 1.54) is 0 Å². The van der Waals surface area contributed by atoms with E-state index in [0.717, 1.165) is 12.8 Å². The lowest BCUT2D eigenvalue weighted by Gasteiger charge is -2.31. The summed E-state index contributed by atoms with van der Waals surface area (Å²) in [5, 5.41) is 8.83. The van der Waals surface area contributed by atoms with Crippen molar-refractivity contribution in [3.63, 3.8) is 0 Å². The smallest absolute Gasteiger partial charge is 0.248 e. The second-order valence-electron chi connectivity index (χ2n) is 3.39. The molecule has 1 amide bonds. The van der Waals surface area contributed by atoms with Crippen LogP contribution in [0.3, 0.4) is 0 Å². The number of ether oxygens (including phenoxy) is 1. The van der Waals surface area contributed by atoms with Crippen molar-refractivity contribution < 1.29 is 14.6 Å². The van der Waals surface area contributed by atoms with Crippen LogP contribution in [0.2, 0.25) is 0 Å². The summed E-state index contributed by atoms with van der Waals surface area (Å²) in [4.78, 5) is 13.1. The topological polar surface area (TPSA) is 49.8 Å². The molecule has 0 spiro atoms. The normalized spacial score (nSPS) is 30.9. The van der Waals surface area contributed by atoms with Crippen molar-refractivity contribution >= 4 is 5.91 Å². The number of morpholine rings is 1. The van der Waals surface area contributed by atoms with Crippen molar-refractivity contribution in [3.8, 4) is 0 Å². The molecule has 0 aromatic heterocycles. The number of rotatable bonds is 2. The molecule has 1 atom stereocenters. The van der Waals surface area contributed by atoms with E-state index in [2.05, 4.69) is 0 Å². The minimum absolute atomic E-state index is 0.0104. The van der Waals surface area contributed by atoms with Gasteiger partial charge in [0.1, 0.15) is 6.61 Å². The molecule has 1 saturated carbocycles. The van der Waals surface area contributed by atoms with Gasteiger partial charge in [-0.2, -0.15) is 0 Å². The Labute approximate surface area is 71.1 Å². The lowest BCUT2D eigenvalue weighted by atomic mass is 10.3. The van der Waals surface area contributed by atoms with Gasteiger partial charge < -0.3 is 14.7 Å². The standard InChI is InChI=1S/C8H13NO3/c10-4-7-3-9(6-1-2-6)8(11)5-12-7/h6-7,10H,1-5H2. The molecule has 2 fully saturated rings. The molecule has 1 N–H and O–H groups in total. The maximum Gasteiger partial charge on any atom is 0.248 e. The second-order valence-corrected chi connectivity index (χ2v) is 3.39. The number of carbonyl (C=O) groups is 1. The highest BCUT2D eigenvalue weighted by Crippen LogP contribution is 2.28. The average Bonchev–Trinajstić information content (AvgIpc) is 2.88. The van der Waals surface area contributed by atoms with E-state index in [1.54, 1.807) is 0 Å². The SMILES string of the molecule is O=C1COC(CO)CN1C1CC1. The van der Waals surface area contributed by atoms with E-state index in [9.17, 15) is 4.79 Å². The summed E-state index contributed by atoms with van der Waals surface area (Å²) in [7, 11) is 0. The zero-order valence-electron chi connectivity index (χ0n) is 6.90. The van der Waals surface area contributed by atoms with Crippen LogP contribution in [-0.4, -0.2) is 47.8 Å². The van der Waals surface area contributed by atoms with Gasteiger partial charge in [-0.05, 0) is 12.8 Å². The van der Waals surface area contributed by atoms with Crippen molar-refractivity contribution in [2.75, 3.05) is 19.8 Å². The van der Waals surface area contributed by atoms with Gasteiger partial charge in [-0.1, -0.05) is 0 Å². The summed E-state index contributed by atoms with van der Waals surface area (Å²) >= 11 is 0. The Hall–Kier alpha value is -0.610. The zero-order chi connectivity index (χ0) is 8.55. The number of hydrogen-bond donors (Lipinski definition) is 1. The Balaban J connectivity index is 1.94. The van der Waals surface area contributed by atoms with Crippen molar-refractivity contribution in [3.05, 3.63) is 0 Å². The van der Waals surface area contributed by atoms with Crippen LogP contribution in [0.25, 0.3) is 0 Å². The first-order valence-corrected chi connectivity index (χ1v) is 4.33. The number of amides is 1. The summed E-state index contributed by atoms with van der Waals surface area (Å²) in [5.41, 5.74) is 0. The summed E-state index contributed by atoms with van der Waals surface area (Å²) in [6.07, 6.45) is 2.07. The number of carbonyl (C=O) groups excluding carboxylic acids is 1. The van der Waals surface area contributed by atoms with Crippen LogP contribution in [0.15, 0.2) is 0 Å². The Bertz CT molecular complexity index is 191. The van der Waals surface area contributed by atoms with Crippen molar-refractivity contribution in [2.45, 2.75) is 25.0 Å². The monoisotopic (exact) mass is 171 g/mol. The van der Waals surface area contributed by atoms with E-state index >= 15 is 0 Å². The van der Waals surface area contributed by atoms with Gasteiger partial charge in [0, 0.05) is 12.6 Å². The van der Waals surface area contributed by atoms with Gasteiger partial charge in [-0.3, -0.25) is 4.79 Å². The Morgan fingerprint density at radius 1 is 1.58 bits per heavy atom. The van der Waals surface area contributed by atoms with E-state index in [0.29, 0.717) is 12.6 Å². The Morgan fingerprint density at radius 2 is 2.33 bits per heavy atom. The number of aliphatic hydroxyl groups is 1. The van der Waals surface area contributed by atoms with Gasteiger partial charge in [-0.15, -0.1) is 0 Å². The van der Waals surface area contributed by atoms with Gasteiger partial charge in [0.2, 0.25) is 5.91 Å². The van der Waals surface area contributed by atoms with Crippen LogP contribution in [0.5, 0.6) is 0 Å². The minimum atomic E-state index is -0.164. The zero-order valence-corrected chi connectivity index (χ0v) is 6.90. The largest absolute Gasteiger partial charge is 0.394 e. The molecule has 1 unspecified atom stereocenters. The van der Waals surface area contributed by atoms with Crippen molar-refractivity contribution in [2.24, 2.45) is 0 Å². The highest BCUT2D eigenvalue weighted by molar-refractivity contribution is 5.78. The third kappa shape index (κ3) is 1.44. The van der Waals surface area contributed by atoms with E-state index in [-0.39, 0.29) is 25.2 Å². The molecular weight excluding hydrogens is 158 g/mol. The molecule has 12 heavy (non-hydrogen) atoms. The summed E-state index contributed by atoms with van der Waals surface area (Å²) < 4.78 is 5.11. The molecule has 1 aliphatic heterocycles. The number of aliphatic hydroxyl groups excluding tert-OH is 1. The summed E-state index contributed by atoms with van der Waals surface area (Å²) in [5.74, 6) is 0.0715. The first-order valence-electron chi connectivity index (χ1n) is 4.33. The molecule has 0 aromatic carbocycles. The lowest BCUT2D eigenvalue weighted by molar-refractivity contribution is -0.151. The average molecular weight is 171 g/mol. The Morgan fingerprint density at radius 3 is 2.92 bits per heavy atom. The molecule has 2 rings (SSSR count). The van der Waals surface area contributed by atoms with Gasteiger partial charge in [0.25, 0.3) is 0 Å². The van der Waals surface area contributed by atoms with Crippen LogP contribution in [0.1, 0.15) is 12.8 Å². The molecule has 2 aliphatic rings. The van der Waals surface area contributed by atoms with Gasteiger partial charge in [-0.25, -0.2) is 0 Å². The van der Waals surface area contributed by atoms with E-state index < -0.39 is 0 Å². The maximum atomic E-state index is 11.3. The molecular formula is C8H13NO3. The summed E-state index contributed by atoms with van der Waals surface area (Å²) in [6, 6.07) is 0.440. The second kappa shape index (κ2) is 3.03. The number of hydrogen-bond acceptors (Lipinski definition) is 3.